The molecule has 0 saturated carbocycles. The molecule has 1 rings (SSSR count). The highest BCUT2D eigenvalue weighted by Crippen LogP contribution is 2.31. The number of rotatable bonds is 7. The van der Waals surface area contributed by atoms with Crippen LogP contribution in [0.3, 0.4) is 0 Å². The second-order valence-electron chi connectivity index (χ2n) is 3.73. The van der Waals surface area contributed by atoms with Gasteiger partial charge in [-0.05, 0) is 25.0 Å². The number of hydrogen-bond acceptors (Lipinski definition) is 3. The number of para-hydroxylation sites is 1. The molecule has 3 nitrogen and oxygen atoms in total. The Morgan fingerprint density at radius 2 is 2.06 bits per heavy atom. The van der Waals surface area contributed by atoms with Crippen LogP contribution in [0.2, 0.25) is 0 Å². The van der Waals surface area contributed by atoms with Crippen molar-refractivity contribution in [3.63, 3.8) is 0 Å². The highest BCUT2D eigenvalue weighted by Gasteiger charge is 2.10. The third kappa shape index (κ3) is 3.79. The van der Waals surface area contributed by atoms with Gasteiger partial charge in [0.25, 0.3) is 0 Å². The third-order valence-corrected chi connectivity index (χ3v) is 2.45. The molecule has 0 heterocycles. The smallest absolute Gasteiger partial charge is 0.167 e. The Balaban J connectivity index is 2.88. The molecule has 0 bridgehead atoms. The van der Waals surface area contributed by atoms with Crippen LogP contribution in [0.1, 0.15) is 25.8 Å². The molecule has 0 aliphatic rings. The van der Waals surface area contributed by atoms with Crippen LogP contribution in [-0.2, 0) is 6.61 Å². The molecule has 1 aromatic rings. The van der Waals surface area contributed by atoms with Gasteiger partial charge in [0, 0.05) is 5.56 Å². The van der Waals surface area contributed by atoms with E-state index < -0.39 is 0 Å². The second-order valence-corrected chi connectivity index (χ2v) is 3.73. The fourth-order valence-corrected chi connectivity index (χ4v) is 1.40. The summed E-state index contributed by atoms with van der Waals surface area (Å²) in [6.45, 7) is 8.80. The summed E-state index contributed by atoms with van der Waals surface area (Å²) in [4.78, 5) is 0. The zero-order valence-corrected chi connectivity index (χ0v) is 10.5. The van der Waals surface area contributed by atoms with Crippen LogP contribution in [0.15, 0.2) is 30.4 Å². The monoisotopic (exact) mass is 236 g/mol. The Morgan fingerprint density at radius 1 is 1.29 bits per heavy atom. The van der Waals surface area contributed by atoms with E-state index in [2.05, 4.69) is 6.58 Å². The van der Waals surface area contributed by atoms with Crippen molar-refractivity contribution in [3.05, 3.63) is 35.9 Å². The number of hydrogen-bond donors (Lipinski definition) is 1. The molecular formula is C14H20O3. The molecule has 17 heavy (non-hydrogen) atoms. The average Bonchev–Trinajstić information content (AvgIpc) is 2.36. The van der Waals surface area contributed by atoms with Crippen molar-refractivity contribution in [1.82, 2.24) is 0 Å². The molecule has 94 valence electrons. The van der Waals surface area contributed by atoms with E-state index in [0.717, 1.165) is 17.6 Å². The highest BCUT2D eigenvalue weighted by molar-refractivity contribution is 5.46. The molecule has 0 amide bonds. The summed E-state index contributed by atoms with van der Waals surface area (Å²) >= 11 is 0. The minimum atomic E-state index is -0.0607. The summed E-state index contributed by atoms with van der Waals surface area (Å²) in [6, 6.07) is 5.51. The number of aliphatic hydroxyl groups is 1. The largest absolute Gasteiger partial charge is 0.490 e. The summed E-state index contributed by atoms with van der Waals surface area (Å²) in [5, 5.41) is 9.28. The lowest BCUT2D eigenvalue weighted by Gasteiger charge is -2.15. The van der Waals surface area contributed by atoms with Gasteiger partial charge in [0.2, 0.25) is 0 Å². The van der Waals surface area contributed by atoms with Gasteiger partial charge in [-0.2, -0.15) is 0 Å². The maximum Gasteiger partial charge on any atom is 0.167 e. The minimum Gasteiger partial charge on any atom is -0.490 e. The Bertz CT molecular complexity index is 372. The number of benzene rings is 1. The van der Waals surface area contributed by atoms with E-state index in [9.17, 15) is 5.11 Å². The van der Waals surface area contributed by atoms with Crippen LogP contribution in [0.5, 0.6) is 11.5 Å². The summed E-state index contributed by atoms with van der Waals surface area (Å²) in [5.74, 6) is 1.29. The van der Waals surface area contributed by atoms with E-state index in [4.69, 9.17) is 9.47 Å². The fraction of sp³-hybridized carbons (Fsp3) is 0.429. The molecule has 0 spiro atoms. The van der Waals surface area contributed by atoms with Crippen molar-refractivity contribution in [2.75, 3.05) is 13.2 Å². The summed E-state index contributed by atoms with van der Waals surface area (Å²) < 4.78 is 11.2. The van der Waals surface area contributed by atoms with E-state index in [0.29, 0.717) is 24.7 Å². The molecule has 3 heteroatoms. The Kier molecular flexibility index (Phi) is 5.57. The van der Waals surface area contributed by atoms with Crippen LogP contribution in [0.25, 0.3) is 0 Å². The molecule has 0 aliphatic heterocycles. The maximum atomic E-state index is 9.28. The van der Waals surface area contributed by atoms with Crippen molar-refractivity contribution >= 4 is 0 Å². The summed E-state index contributed by atoms with van der Waals surface area (Å²) in [6.07, 6.45) is 0.880. The van der Waals surface area contributed by atoms with Crippen LogP contribution < -0.4 is 9.47 Å². The fourth-order valence-electron chi connectivity index (χ4n) is 1.40. The van der Waals surface area contributed by atoms with Crippen molar-refractivity contribution in [2.24, 2.45) is 0 Å². The van der Waals surface area contributed by atoms with E-state index in [-0.39, 0.29) is 6.61 Å². The number of ether oxygens (including phenoxy) is 2. The Labute approximate surface area is 103 Å². The molecule has 0 aromatic heterocycles. The predicted octanol–water partition coefficient (Wildman–Crippen LogP) is 2.92. The third-order valence-electron chi connectivity index (χ3n) is 2.45. The van der Waals surface area contributed by atoms with Gasteiger partial charge in [0.15, 0.2) is 11.5 Å². The lowest BCUT2D eigenvalue weighted by molar-refractivity contribution is 0.256. The van der Waals surface area contributed by atoms with Crippen LogP contribution in [0.4, 0.5) is 0 Å². The number of aliphatic hydroxyl groups excluding tert-OH is 1. The van der Waals surface area contributed by atoms with Gasteiger partial charge in [0.1, 0.15) is 6.61 Å². The Hall–Kier alpha value is -1.48. The quantitative estimate of drug-likeness (QED) is 0.740. The maximum absolute atomic E-state index is 9.28. The average molecular weight is 236 g/mol. The first-order valence-corrected chi connectivity index (χ1v) is 5.87. The molecule has 1 N–H and O–H groups in total. The summed E-state index contributed by atoms with van der Waals surface area (Å²) in [7, 11) is 0. The van der Waals surface area contributed by atoms with Gasteiger partial charge in [-0.25, -0.2) is 0 Å². The standard InChI is InChI=1S/C14H20O3/c1-4-11(3)10-17-14-12(9-15)7-6-8-13(14)16-5-2/h6-8,15H,3-5,9-10H2,1-2H3. The highest BCUT2D eigenvalue weighted by atomic mass is 16.5. The molecular weight excluding hydrogens is 216 g/mol. The van der Waals surface area contributed by atoms with Crippen LogP contribution in [-0.4, -0.2) is 18.3 Å². The lowest BCUT2D eigenvalue weighted by Crippen LogP contribution is -2.05. The SMILES string of the molecule is C=C(CC)COc1c(CO)cccc1OCC. The molecule has 0 saturated heterocycles. The molecule has 0 unspecified atom stereocenters. The molecule has 0 atom stereocenters. The van der Waals surface area contributed by atoms with Crippen LogP contribution >= 0.6 is 0 Å². The molecule has 0 fully saturated rings. The zero-order chi connectivity index (χ0) is 12.7. The van der Waals surface area contributed by atoms with Gasteiger partial charge in [-0.15, -0.1) is 0 Å². The zero-order valence-electron chi connectivity index (χ0n) is 10.5. The van der Waals surface area contributed by atoms with Gasteiger partial charge in [-0.3, -0.25) is 0 Å². The lowest BCUT2D eigenvalue weighted by atomic mass is 10.2. The van der Waals surface area contributed by atoms with Crippen LogP contribution in [0, 0.1) is 0 Å². The molecule has 0 radical (unpaired) electrons. The van der Waals surface area contributed by atoms with Gasteiger partial charge in [0.05, 0.1) is 13.2 Å². The van der Waals surface area contributed by atoms with Gasteiger partial charge in [-0.1, -0.05) is 25.6 Å². The minimum absolute atomic E-state index is 0.0607. The van der Waals surface area contributed by atoms with Crippen molar-refractivity contribution < 1.29 is 14.6 Å². The van der Waals surface area contributed by atoms with Gasteiger partial charge < -0.3 is 14.6 Å². The van der Waals surface area contributed by atoms with Crippen molar-refractivity contribution in [3.8, 4) is 11.5 Å². The van der Waals surface area contributed by atoms with E-state index in [1.165, 1.54) is 0 Å². The predicted molar refractivity (Wildman–Crippen MR) is 68.5 cm³/mol. The summed E-state index contributed by atoms with van der Waals surface area (Å²) in [5.41, 5.74) is 1.75. The first-order valence-electron chi connectivity index (χ1n) is 5.87. The first-order chi connectivity index (χ1) is 8.22. The Morgan fingerprint density at radius 3 is 2.65 bits per heavy atom. The van der Waals surface area contributed by atoms with E-state index >= 15 is 0 Å². The van der Waals surface area contributed by atoms with Crippen molar-refractivity contribution in [2.45, 2.75) is 26.9 Å². The van der Waals surface area contributed by atoms with Crippen molar-refractivity contribution in [1.29, 1.82) is 0 Å². The normalized spacial score (nSPS) is 10.1. The van der Waals surface area contributed by atoms with E-state index in [1.54, 1.807) is 0 Å². The topological polar surface area (TPSA) is 38.7 Å². The molecule has 1 aromatic carbocycles. The second kappa shape index (κ2) is 6.97. The first kappa shape index (κ1) is 13.6. The van der Waals surface area contributed by atoms with E-state index in [1.807, 2.05) is 32.0 Å². The van der Waals surface area contributed by atoms with Gasteiger partial charge >= 0.3 is 0 Å². The molecule has 0 aliphatic carbocycles.